The Kier molecular flexibility index (Phi) is 10.8. The number of ether oxygens (including phenoxy) is 2. The van der Waals surface area contributed by atoms with Gasteiger partial charge in [-0.25, -0.2) is 0 Å². The molecule has 14 heavy (non-hydrogen) atoms. The van der Waals surface area contributed by atoms with Crippen LogP contribution < -0.4 is 5.32 Å². The third-order valence-corrected chi connectivity index (χ3v) is 1.94. The fraction of sp³-hybridized carbons (Fsp3) is 1.00. The molecule has 1 atom stereocenters. The maximum Gasteiger partial charge on any atom is 0.0591 e. The molecule has 86 valence electrons. The Morgan fingerprint density at radius 1 is 1.29 bits per heavy atom. The zero-order valence-electron chi connectivity index (χ0n) is 9.29. The first-order chi connectivity index (χ1) is 6.81. The van der Waals surface area contributed by atoms with Crippen molar-refractivity contribution in [1.29, 1.82) is 0 Å². The van der Waals surface area contributed by atoms with Crippen LogP contribution in [0.4, 0.5) is 0 Å². The van der Waals surface area contributed by atoms with Gasteiger partial charge in [0.05, 0.1) is 6.61 Å². The lowest BCUT2D eigenvalue weighted by Gasteiger charge is -2.12. The normalized spacial score (nSPS) is 13.1. The van der Waals surface area contributed by atoms with Crippen molar-refractivity contribution >= 4 is 0 Å². The molecule has 0 aliphatic rings. The number of rotatable bonds is 10. The van der Waals surface area contributed by atoms with Gasteiger partial charge < -0.3 is 19.9 Å². The van der Waals surface area contributed by atoms with Crippen molar-refractivity contribution < 1.29 is 14.6 Å². The van der Waals surface area contributed by atoms with Crippen LogP contribution in [0.25, 0.3) is 0 Å². The summed E-state index contributed by atoms with van der Waals surface area (Å²) in [5, 5.41) is 11.9. The van der Waals surface area contributed by atoms with Gasteiger partial charge in [0.1, 0.15) is 0 Å². The number of aliphatic hydroxyl groups excluding tert-OH is 1. The monoisotopic (exact) mass is 205 g/mol. The second-order valence-corrected chi connectivity index (χ2v) is 3.33. The summed E-state index contributed by atoms with van der Waals surface area (Å²) in [6, 6.07) is 0.363. The van der Waals surface area contributed by atoms with Crippen LogP contribution in [0.3, 0.4) is 0 Å². The van der Waals surface area contributed by atoms with Crippen LogP contribution in [0.5, 0.6) is 0 Å². The van der Waals surface area contributed by atoms with E-state index >= 15 is 0 Å². The third kappa shape index (κ3) is 9.92. The number of hydrogen-bond donors (Lipinski definition) is 2. The molecule has 0 spiro atoms. The van der Waals surface area contributed by atoms with Gasteiger partial charge in [-0.05, 0) is 19.8 Å². The SMILES string of the molecule is COCCCOCCNC(C)CCO. The summed E-state index contributed by atoms with van der Waals surface area (Å²) in [5.74, 6) is 0. The number of methoxy groups -OCH3 is 1. The molecule has 0 aliphatic heterocycles. The zero-order valence-corrected chi connectivity index (χ0v) is 9.29. The largest absolute Gasteiger partial charge is 0.396 e. The first-order valence-corrected chi connectivity index (χ1v) is 5.22. The second kappa shape index (κ2) is 10.9. The third-order valence-electron chi connectivity index (χ3n) is 1.94. The van der Waals surface area contributed by atoms with Crippen LogP contribution in [-0.4, -0.2) is 51.2 Å². The van der Waals surface area contributed by atoms with Gasteiger partial charge in [0.2, 0.25) is 0 Å². The molecule has 0 saturated heterocycles. The van der Waals surface area contributed by atoms with Gasteiger partial charge in [-0.1, -0.05) is 0 Å². The van der Waals surface area contributed by atoms with E-state index in [0.29, 0.717) is 6.04 Å². The van der Waals surface area contributed by atoms with E-state index in [1.165, 1.54) is 0 Å². The molecule has 0 amide bonds. The van der Waals surface area contributed by atoms with E-state index in [1.54, 1.807) is 7.11 Å². The van der Waals surface area contributed by atoms with Crippen LogP contribution in [0, 0.1) is 0 Å². The van der Waals surface area contributed by atoms with Crippen molar-refractivity contribution in [2.45, 2.75) is 25.8 Å². The molecule has 0 saturated carbocycles. The van der Waals surface area contributed by atoms with E-state index in [0.717, 1.165) is 39.2 Å². The lowest BCUT2D eigenvalue weighted by atomic mass is 10.2. The van der Waals surface area contributed by atoms with Gasteiger partial charge in [0, 0.05) is 39.5 Å². The van der Waals surface area contributed by atoms with E-state index < -0.39 is 0 Å². The van der Waals surface area contributed by atoms with E-state index in [1.807, 2.05) is 0 Å². The summed E-state index contributed by atoms with van der Waals surface area (Å²) in [6.45, 7) is 5.37. The molecule has 1 unspecified atom stereocenters. The quantitative estimate of drug-likeness (QED) is 0.507. The van der Waals surface area contributed by atoms with E-state index in [-0.39, 0.29) is 6.61 Å². The van der Waals surface area contributed by atoms with Crippen LogP contribution in [0.15, 0.2) is 0 Å². The van der Waals surface area contributed by atoms with Gasteiger partial charge >= 0.3 is 0 Å². The van der Waals surface area contributed by atoms with Crippen molar-refractivity contribution in [2.24, 2.45) is 0 Å². The Morgan fingerprint density at radius 2 is 2.07 bits per heavy atom. The van der Waals surface area contributed by atoms with E-state index in [4.69, 9.17) is 14.6 Å². The smallest absolute Gasteiger partial charge is 0.0591 e. The predicted octanol–water partition coefficient (Wildman–Crippen LogP) is 0.400. The second-order valence-electron chi connectivity index (χ2n) is 3.33. The Morgan fingerprint density at radius 3 is 2.71 bits per heavy atom. The standard InChI is InChI=1S/C10H23NO3/c1-10(4-6-12)11-5-9-14-8-3-7-13-2/h10-12H,3-9H2,1-2H3. The Hall–Kier alpha value is -0.160. The highest BCUT2D eigenvalue weighted by Crippen LogP contribution is 1.88. The minimum atomic E-state index is 0.239. The number of aliphatic hydroxyl groups is 1. The molecule has 0 aromatic rings. The van der Waals surface area contributed by atoms with Gasteiger partial charge in [0.25, 0.3) is 0 Å². The lowest BCUT2D eigenvalue weighted by molar-refractivity contribution is 0.103. The predicted molar refractivity (Wildman–Crippen MR) is 56.5 cm³/mol. The fourth-order valence-corrected chi connectivity index (χ4v) is 1.08. The van der Waals surface area contributed by atoms with Crippen LogP contribution in [-0.2, 0) is 9.47 Å². The summed E-state index contributed by atoms with van der Waals surface area (Å²) in [4.78, 5) is 0. The van der Waals surface area contributed by atoms with Crippen molar-refractivity contribution in [1.82, 2.24) is 5.32 Å². The molecule has 0 aromatic carbocycles. The topological polar surface area (TPSA) is 50.7 Å². The average molecular weight is 205 g/mol. The fourth-order valence-electron chi connectivity index (χ4n) is 1.08. The van der Waals surface area contributed by atoms with Crippen LogP contribution in [0.2, 0.25) is 0 Å². The maximum atomic E-state index is 8.65. The number of nitrogens with one attached hydrogen (secondary N) is 1. The summed E-state index contributed by atoms with van der Waals surface area (Å²) in [7, 11) is 1.69. The van der Waals surface area contributed by atoms with Crippen LogP contribution in [0.1, 0.15) is 19.8 Å². The van der Waals surface area contributed by atoms with Crippen molar-refractivity contribution in [2.75, 3.05) is 40.1 Å². The first-order valence-electron chi connectivity index (χ1n) is 5.22. The van der Waals surface area contributed by atoms with E-state index in [2.05, 4.69) is 12.2 Å². The summed E-state index contributed by atoms with van der Waals surface area (Å²) in [6.07, 6.45) is 1.74. The summed E-state index contributed by atoms with van der Waals surface area (Å²) in [5.41, 5.74) is 0. The van der Waals surface area contributed by atoms with Gasteiger partial charge in [-0.2, -0.15) is 0 Å². The Labute approximate surface area is 86.6 Å². The molecule has 2 N–H and O–H groups in total. The maximum absolute atomic E-state index is 8.65. The van der Waals surface area contributed by atoms with Gasteiger partial charge in [0.15, 0.2) is 0 Å². The number of hydrogen-bond acceptors (Lipinski definition) is 4. The van der Waals surface area contributed by atoms with Crippen LogP contribution >= 0.6 is 0 Å². The molecule has 0 aliphatic carbocycles. The highest BCUT2D eigenvalue weighted by molar-refractivity contribution is 4.58. The minimum Gasteiger partial charge on any atom is -0.396 e. The highest BCUT2D eigenvalue weighted by atomic mass is 16.5. The molecular weight excluding hydrogens is 182 g/mol. The minimum absolute atomic E-state index is 0.239. The van der Waals surface area contributed by atoms with E-state index in [9.17, 15) is 0 Å². The summed E-state index contributed by atoms with van der Waals surface area (Å²) >= 11 is 0. The Balaban J connectivity index is 2.98. The highest BCUT2D eigenvalue weighted by Gasteiger charge is 1.98. The molecule has 0 radical (unpaired) electrons. The van der Waals surface area contributed by atoms with Gasteiger partial charge in [-0.3, -0.25) is 0 Å². The molecule has 0 heterocycles. The molecule has 0 rings (SSSR count). The zero-order chi connectivity index (χ0) is 10.6. The molecule has 4 nitrogen and oxygen atoms in total. The molecular formula is C10H23NO3. The first kappa shape index (κ1) is 13.8. The molecule has 0 aromatic heterocycles. The average Bonchev–Trinajstić information content (AvgIpc) is 2.17. The summed E-state index contributed by atoms with van der Waals surface area (Å²) < 4.78 is 10.3. The van der Waals surface area contributed by atoms with Crippen molar-refractivity contribution in [3.63, 3.8) is 0 Å². The van der Waals surface area contributed by atoms with Crippen molar-refractivity contribution in [3.05, 3.63) is 0 Å². The van der Waals surface area contributed by atoms with Gasteiger partial charge in [-0.15, -0.1) is 0 Å². The molecule has 0 bridgehead atoms. The molecule has 0 fully saturated rings. The van der Waals surface area contributed by atoms with Crippen molar-refractivity contribution in [3.8, 4) is 0 Å². The molecule has 4 heteroatoms. The Bertz CT molecular complexity index is 112. The lowest BCUT2D eigenvalue weighted by Crippen LogP contribution is -2.30.